The third-order valence-corrected chi connectivity index (χ3v) is 5.16. The average molecular weight is 305 g/mol. The van der Waals surface area contributed by atoms with E-state index in [0.29, 0.717) is 12.0 Å². The van der Waals surface area contributed by atoms with Gasteiger partial charge in [-0.25, -0.2) is 0 Å². The van der Waals surface area contributed by atoms with Crippen LogP contribution in [-0.2, 0) is 4.74 Å². The minimum absolute atomic E-state index is 0.320. The largest absolute Gasteiger partial charge is 0.497 e. The van der Waals surface area contributed by atoms with Gasteiger partial charge in [0.05, 0.1) is 26.4 Å². The van der Waals surface area contributed by atoms with Gasteiger partial charge < -0.3 is 14.6 Å². The molecule has 4 nitrogen and oxygen atoms in total. The van der Waals surface area contributed by atoms with Crippen molar-refractivity contribution in [2.75, 3.05) is 33.4 Å². The van der Waals surface area contributed by atoms with Crippen molar-refractivity contribution in [3.05, 3.63) is 29.8 Å². The first-order chi connectivity index (χ1) is 10.8. The fourth-order valence-corrected chi connectivity index (χ4v) is 3.92. The molecule has 122 valence electrons. The van der Waals surface area contributed by atoms with Crippen LogP contribution in [0.5, 0.6) is 5.75 Å². The summed E-state index contributed by atoms with van der Waals surface area (Å²) in [6.45, 7) is 3.64. The molecule has 1 N–H and O–H groups in total. The second-order valence-corrected chi connectivity index (χ2v) is 6.38. The quantitative estimate of drug-likeness (QED) is 0.928. The van der Waals surface area contributed by atoms with Crippen molar-refractivity contribution in [2.45, 2.75) is 37.8 Å². The highest BCUT2D eigenvalue weighted by Crippen LogP contribution is 2.37. The fourth-order valence-electron chi connectivity index (χ4n) is 3.92. The molecular weight excluding hydrogens is 278 g/mol. The number of aliphatic hydroxyl groups is 1. The molecule has 22 heavy (non-hydrogen) atoms. The normalized spacial score (nSPS) is 28.3. The lowest BCUT2D eigenvalue weighted by molar-refractivity contribution is -0.0372. The maximum atomic E-state index is 10.9. The zero-order valence-electron chi connectivity index (χ0n) is 13.4. The first-order valence-corrected chi connectivity index (χ1v) is 8.43. The Balaban J connectivity index is 1.73. The number of rotatable bonds is 4. The molecule has 1 aromatic rings. The summed E-state index contributed by atoms with van der Waals surface area (Å²) in [4.78, 5) is 2.53. The molecule has 0 spiro atoms. The molecule has 0 unspecified atom stereocenters. The van der Waals surface area contributed by atoms with E-state index in [4.69, 9.17) is 9.47 Å². The lowest BCUT2D eigenvalue weighted by Crippen LogP contribution is -2.49. The van der Waals surface area contributed by atoms with Crippen LogP contribution in [0.3, 0.4) is 0 Å². The zero-order chi connectivity index (χ0) is 15.4. The van der Waals surface area contributed by atoms with Gasteiger partial charge in [0, 0.05) is 25.0 Å². The summed E-state index contributed by atoms with van der Waals surface area (Å²) in [6.07, 6.45) is 4.40. The molecule has 2 fully saturated rings. The number of methoxy groups -OCH3 is 1. The predicted octanol–water partition coefficient (Wildman–Crippen LogP) is 2.62. The molecule has 3 atom stereocenters. The maximum absolute atomic E-state index is 10.9. The van der Waals surface area contributed by atoms with Crippen LogP contribution in [0.15, 0.2) is 24.3 Å². The molecule has 4 heteroatoms. The smallest absolute Gasteiger partial charge is 0.118 e. The van der Waals surface area contributed by atoms with Crippen LogP contribution in [0.4, 0.5) is 0 Å². The highest BCUT2D eigenvalue weighted by molar-refractivity contribution is 5.29. The number of benzene rings is 1. The lowest BCUT2D eigenvalue weighted by Gasteiger charge is -2.43. The first kappa shape index (κ1) is 15.8. The van der Waals surface area contributed by atoms with Gasteiger partial charge in [-0.3, -0.25) is 4.90 Å². The minimum Gasteiger partial charge on any atom is -0.497 e. The van der Waals surface area contributed by atoms with Crippen LogP contribution in [0.2, 0.25) is 0 Å². The van der Waals surface area contributed by atoms with E-state index in [1.54, 1.807) is 7.11 Å². The Hall–Kier alpha value is -1.10. The van der Waals surface area contributed by atoms with Gasteiger partial charge in [-0.2, -0.15) is 0 Å². The molecule has 3 rings (SSSR count). The predicted molar refractivity (Wildman–Crippen MR) is 86.1 cm³/mol. The molecule has 1 aromatic carbocycles. The monoisotopic (exact) mass is 305 g/mol. The van der Waals surface area contributed by atoms with Gasteiger partial charge in [0.2, 0.25) is 0 Å². The molecular formula is C18H27NO3. The Morgan fingerprint density at radius 2 is 1.82 bits per heavy atom. The van der Waals surface area contributed by atoms with E-state index in [1.807, 2.05) is 24.3 Å². The maximum Gasteiger partial charge on any atom is 0.118 e. The van der Waals surface area contributed by atoms with E-state index in [1.165, 1.54) is 19.3 Å². The summed E-state index contributed by atoms with van der Waals surface area (Å²) in [5, 5.41) is 10.9. The molecule has 2 aliphatic rings. The molecule has 0 aromatic heterocycles. The second kappa shape index (κ2) is 7.44. The topological polar surface area (TPSA) is 41.9 Å². The van der Waals surface area contributed by atoms with Crippen molar-refractivity contribution in [3.63, 3.8) is 0 Å². The van der Waals surface area contributed by atoms with Crippen LogP contribution in [0.25, 0.3) is 0 Å². The third kappa shape index (κ3) is 3.45. The van der Waals surface area contributed by atoms with Crippen molar-refractivity contribution in [1.82, 2.24) is 4.90 Å². The second-order valence-electron chi connectivity index (χ2n) is 6.38. The minimum atomic E-state index is -0.390. The summed E-state index contributed by atoms with van der Waals surface area (Å²) in [5.74, 6) is 1.16. The number of hydrogen-bond donors (Lipinski definition) is 1. The SMILES string of the molecule is COc1ccc([C@H](O)[C@H]2CCCC[C@@H]2N2CCOCC2)cc1. The van der Waals surface area contributed by atoms with Gasteiger partial charge in [-0.15, -0.1) is 0 Å². The molecule has 0 radical (unpaired) electrons. The molecule has 1 saturated heterocycles. The van der Waals surface area contributed by atoms with Gasteiger partial charge in [0.25, 0.3) is 0 Å². The van der Waals surface area contributed by atoms with Crippen LogP contribution >= 0.6 is 0 Å². The van der Waals surface area contributed by atoms with E-state index in [2.05, 4.69) is 4.90 Å². The molecule has 0 amide bonds. The van der Waals surface area contributed by atoms with Crippen molar-refractivity contribution in [3.8, 4) is 5.75 Å². The van der Waals surface area contributed by atoms with Crippen LogP contribution in [0.1, 0.15) is 37.4 Å². The standard InChI is InChI=1S/C18H27NO3/c1-21-15-8-6-14(7-9-15)18(20)16-4-2-3-5-17(16)19-10-12-22-13-11-19/h6-9,16-18,20H,2-5,10-13H2,1H3/t16-,17-,18-/m0/s1. The van der Waals surface area contributed by atoms with E-state index < -0.39 is 0 Å². The Morgan fingerprint density at radius 3 is 2.50 bits per heavy atom. The highest BCUT2D eigenvalue weighted by Gasteiger charge is 2.35. The summed E-state index contributed by atoms with van der Waals surface area (Å²) in [6, 6.07) is 8.34. The van der Waals surface area contributed by atoms with Gasteiger partial charge in [0.15, 0.2) is 0 Å². The van der Waals surface area contributed by atoms with Crippen molar-refractivity contribution in [2.24, 2.45) is 5.92 Å². The zero-order valence-corrected chi connectivity index (χ0v) is 13.4. The number of morpholine rings is 1. The van der Waals surface area contributed by atoms with Gasteiger partial charge in [-0.05, 0) is 30.5 Å². The Kier molecular flexibility index (Phi) is 5.34. The fraction of sp³-hybridized carbons (Fsp3) is 0.667. The van der Waals surface area contributed by atoms with E-state index in [-0.39, 0.29) is 6.10 Å². The molecule has 1 aliphatic carbocycles. The Bertz CT molecular complexity index is 456. The van der Waals surface area contributed by atoms with Crippen molar-refractivity contribution >= 4 is 0 Å². The first-order valence-electron chi connectivity index (χ1n) is 8.43. The number of ether oxygens (including phenoxy) is 2. The van der Waals surface area contributed by atoms with Crippen LogP contribution in [-0.4, -0.2) is 49.5 Å². The molecule has 1 aliphatic heterocycles. The van der Waals surface area contributed by atoms with Crippen LogP contribution < -0.4 is 4.74 Å². The Morgan fingerprint density at radius 1 is 1.14 bits per heavy atom. The van der Waals surface area contributed by atoms with E-state index in [9.17, 15) is 5.11 Å². The number of aliphatic hydroxyl groups excluding tert-OH is 1. The highest BCUT2D eigenvalue weighted by atomic mass is 16.5. The molecule has 0 bridgehead atoms. The van der Waals surface area contributed by atoms with E-state index >= 15 is 0 Å². The van der Waals surface area contributed by atoms with Gasteiger partial charge in [-0.1, -0.05) is 25.0 Å². The Labute approximate surface area is 133 Å². The summed E-state index contributed by atoms with van der Waals surface area (Å²) < 4.78 is 10.7. The summed E-state index contributed by atoms with van der Waals surface area (Å²) in [5.41, 5.74) is 1.01. The molecule has 1 saturated carbocycles. The third-order valence-electron chi connectivity index (χ3n) is 5.16. The van der Waals surface area contributed by atoms with E-state index in [0.717, 1.165) is 44.0 Å². The summed E-state index contributed by atoms with van der Waals surface area (Å²) >= 11 is 0. The number of nitrogens with zero attached hydrogens (tertiary/aromatic N) is 1. The van der Waals surface area contributed by atoms with Crippen LogP contribution in [0, 0.1) is 5.92 Å². The average Bonchev–Trinajstić information content (AvgIpc) is 2.62. The number of hydrogen-bond acceptors (Lipinski definition) is 4. The lowest BCUT2D eigenvalue weighted by atomic mass is 9.78. The van der Waals surface area contributed by atoms with Crippen molar-refractivity contribution < 1.29 is 14.6 Å². The van der Waals surface area contributed by atoms with Gasteiger partial charge >= 0.3 is 0 Å². The van der Waals surface area contributed by atoms with Crippen molar-refractivity contribution in [1.29, 1.82) is 0 Å². The van der Waals surface area contributed by atoms with Gasteiger partial charge in [0.1, 0.15) is 5.75 Å². The summed E-state index contributed by atoms with van der Waals surface area (Å²) in [7, 11) is 1.67. The molecule has 1 heterocycles.